The van der Waals surface area contributed by atoms with Crippen molar-refractivity contribution in [3.63, 3.8) is 0 Å². The van der Waals surface area contributed by atoms with E-state index in [1.165, 1.54) is 32.4 Å². The van der Waals surface area contributed by atoms with Crippen LogP contribution in [-0.2, 0) is 0 Å². The number of aromatic nitrogens is 2. The molecule has 5 heteroatoms. The molecule has 1 fully saturated rings. The van der Waals surface area contributed by atoms with Crippen LogP contribution in [0.15, 0.2) is 84.9 Å². The lowest BCUT2D eigenvalue weighted by molar-refractivity contribution is 0.183. The fourth-order valence-electron chi connectivity index (χ4n) is 4.32. The molecule has 0 unspecified atom stereocenters. The van der Waals surface area contributed by atoms with Crippen LogP contribution in [0, 0.1) is 0 Å². The molecular formula is C28H29N3O2. The van der Waals surface area contributed by atoms with E-state index in [1.54, 1.807) is 12.1 Å². The zero-order valence-corrected chi connectivity index (χ0v) is 18.7. The number of aromatic hydroxyl groups is 1. The van der Waals surface area contributed by atoms with Crippen molar-refractivity contribution in [1.82, 2.24) is 14.7 Å². The van der Waals surface area contributed by atoms with E-state index < -0.39 is 0 Å². The monoisotopic (exact) mass is 439 g/mol. The molecule has 1 N–H and O–H groups in total. The number of hydrogen-bond donors (Lipinski definition) is 1. The van der Waals surface area contributed by atoms with Crippen molar-refractivity contribution in [2.45, 2.75) is 19.3 Å². The Morgan fingerprint density at radius 1 is 0.788 bits per heavy atom. The van der Waals surface area contributed by atoms with Gasteiger partial charge in [0.05, 0.1) is 17.1 Å². The summed E-state index contributed by atoms with van der Waals surface area (Å²) in [7, 11) is 0. The summed E-state index contributed by atoms with van der Waals surface area (Å²) in [5.74, 6) is 1.13. The van der Waals surface area contributed by atoms with Gasteiger partial charge in [-0.1, -0.05) is 36.8 Å². The first kappa shape index (κ1) is 21.3. The Bertz CT molecular complexity index is 1160. The molecule has 5 nitrogen and oxygen atoms in total. The molecule has 0 bridgehead atoms. The van der Waals surface area contributed by atoms with E-state index in [1.807, 2.05) is 47.1 Å². The number of hydrogen-bond acceptors (Lipinski definition) is 4. The molecule has 1 aromatic heterocycles. The van der Waals surface area contributed by atoms with Gasteiger partial charge < -0.3 is 9.84 Å². The zero-order chi connectivity index (χ0) is 22.5. The van der Waals surface area contributed by atoms with E-state index in [-0.39, 0.29) is 5.75 Å². The van der Waals surface area contributed by atoms with E-state index in [0.29, 0.717) is 6.61 Å². The topological polar surface area (TPSA) is 50.5 Å². The smallest absolute Gasteiger partial charge is 0.119 e. The van der Waals surface area contributed by atoms with Crippen LogP contribution < -0.4 is 4.74 Å². The van der Waals surface area contributed by atoms with E-state index in [9.17, 15) is 5.11 Å². The van der Waals surface area contributed by atoms with Crippen LogP contribution in [0.25, 0.3) is 28.2 Å². The molecule has 0 aliphatic carbocycles. The molecule has 1 aliphatic rings. The first-order chi connectivity index (χ1) is 16.3. The maximum Gasteiger partial charge on any atom is 0.119 e. The number of phenols is 1. The Morgan fingerprint density at radius 3 is 2.24 bits per heavy atom. The van der Waals surface area contributed by atoms with Crippen molar-refractivity contribution in [3.8, 4) is 39.7 Å². The van der Waals surface area contributed by atoms with Gasteiger partial charge in [0.2, 0.25) is 0 Å². The molecule has 2 heterocycles. The summed E-state index contributed by atoms with van der Waals surface area (Å²) in [4.78, 5) is 2.49. The van der Waals surface area contributed by atoms with Crippen molar-refractivity contribution < 1.29 is 9.84 Å². The lowest BCUT2D eigenvalue weighted by atomic mass is 10.1. The van der Waals surface area contributed by atoms with Gasteiger partial charge in [-0.2, -0.15) is 5.10 Å². The van der Waals surface area contributed by atoms with Gasteiger partial charge in [-0.15, -0.1) is 0 Å². The van der Waals surface area contributed by atoms with E-state index in [2.05, 4.69) is 35.2 Å². The summed E-state index contributed by atoms with van der Waals surface area (Å²) in [6.07, 6.45) is 3.96. The largest absolute Gasteiger partial charge is 0.508 e. The summed E-state index contributed by atoms with van der Waals surface area (Å²) in [5, 5.41) is 14.6. The highest BCUT2D eigenvalue weighted by molar-refractivity contribution is 5.70. The van der Waals surface area contributed by atoms with Gasteiger partial charge in [-0.3, -0.25) is 4.90 Å². The number of piperidine rings is 1. The average Bonchev–Trinajstić information content (AvgIpc) is 3.32. The molecule has 33 heavy (non-hydrogen) atoms. The van der Waals surface area contributed by atoms with E-state index >= 15 is 0 Å². The van der Waals surface area contributed by atoms with E-state index in [4.69, 9.17) is 9.84 Å². The van der Waals surface area contributed by atoms with Crippen molar-refractivity contribution in [2.75, 3.05) is 26.2 Å². The molecule has 168 valence electrons. The second-order valence-electron chi connectivity index (χ2n) is 8.48. The fraction of sp³-hybridized carbons (Fsp3) is 0.250. The molecule has 5 rings (SSSR count). The summed E-state index contributed by atoms with van der Waals surface area (Å²) >= 11 is 0. The standard InChI is InChI=1S/C28H29N3O2/c32-25-13-11-24(12-14-25)31-28(23-7-3-1-4-8-23)21-27(29-31)22-9-15-26(16-10-22)33-20-19-30-17-5-2-6-18-30/h1,3-4,7-16,21,32H,2,5-6,17-20H2. The molecule has 0 amide bonds. The number of rotatable bonds is 7. The Hall–Kier alpha value is -3.57. The van der Waals surface area contributed by atoms with Gasteiger partial charge in [0.1, 0.15) is 18.1 Å². The van der Waals surface area contributed by atoms with Crippen molar-refractivity contribution in [3.05, 3.63) is 84.9 Å². The Morgan fingerprint density at radius 2 is 1.52 bits per heavy atom. The molecule has 0 saturated carbocycles. The van der Waals surface area contributed by atoms with Crippen LogP contribution in [0.3, 0.4) is 0 Å². The highest BCUT2D eigenvalue weighted by Crippen LogP contribution is 2.30. The van der Waals surface area contributed by atoms with Crippen molar-refractivity contribution in [2.24, 2.45) is 0 Å². The third-order valence-electron chi connectivity index (χ3n) is 6.15. The summed E-state index contributed by atoms with van der Waals surface area (Å²) < 4.78 is 7.91. The predicted octanol–water partition coefficient (Wildman–Crippen LogP) is 5.78. The normalized spacial score (nSPS) is 14.3. The Labute approximate surface area is 194 Å². The number of likely N-dealkylation sites (tertiary alicyclic amines) is 1. The van der Waals surface area contributed by atoms with Crippen LogP contribution in [0.5, 0.6) is 11.5 Å². The molecule has 0 spiro atoms. The summed E-state index contributed by atoms with van der Waals surface area (Å²) in [6, 6.07) is 27.6. The lowest BCUT2D eigenvalue weighted by Gasteiger charge is -2.26. The molecule has 4 aromatic rings. The predicted molar refractivity (Wildman–Crippen MR) is 132 cm³/mol. The van der Waals surface area contributed by atoms with Crippen molar-refractivity contribution in [1.29, 1.82) is 0 Å². The van der Waals surface area contributed by atoms with Gasteiger partial charge in [0, 0.05) is 17.7 Å². The molecule has 0 radical (unpaired) electrons. The number of benzene rings is 3. The second-order valence-corrected chi connectivity index (χ2v) is 8.48. The van der Waals surface area contributed by atoms with Crippen LogP contribution in [0.2, 0.25) is 0 Å². The van der Waals surface area contributed by atoms with E-state index in [0.717, 1.165) is 40.5 Å². The second kappa shape index (κ2) is 9.92. The quantitative estimate of drug-likeness (QED) is 0.397. The third-order valence-corrected chi connectivity index (χ3v) is 6.15. The van der Waals surface area contributed by atoms with Crippen LogP contribution in [0.4, 0.5) is 0 Å². The van der Waals surface area contributed by atoms with Gasteiger partial charge >= 0.3 is 0 Å². The number of phenolic OH excluding ortho intramolecular Hbond substituents is 1. The minimum Gasteiger partial charge on any atom is -0.508 e. The molecule has 1 aliphatic heterocycles. The summed E-state index contributed by atoms with van der Waals surface area (Å²) in [6.45, 7) is 4.08. The van der Waals surface area contributed by atoms with Gasteiger partial charge in [-0.25, -0.2) is 4.68 Å². The average molecular weight is 440 g/mol. The maximum absolute atomic E-state index is 9.69. The van der Waals surface area contributed by atoms with Gasteiger partial charge in [0.25, 0.3) is 0 Å². The van der Waals surface area contributed by atoms with Crippen LogP contribution >= 0.6 is 0 Å². The van der Waals surface area contributed by atoms with Crippen LogP contribution in [0.1, 0.15) is 19.3 Å². The maximum atomic E-state index is 9.69. The Kier molecular flexibility index (Phi) is 6.40. The third kappa shape index (κ3) is 5.10. The molecule has 0 atom stereocenters. The zero-order valence-electron chi connectivity index (χ0n) is 18.7. The first-order valence-electron chi connectivity index (χ1n) is 11.7. The highest BCUT2D eigenvalue weighted by atomic mass is 16.5. The lowest BCUT2D eigenvalue weighted by Crippen LogP contribution is -2.33. The molecule has 1 saturated heterocycles. The summed E-state index contributed by atoms with van der Waals surface area (Å²) in [5.41, 5.74) is 4.91. The fourth-order valence-corrected chi connectivity index (χ4v) is 4.32. The SMILES string of the molecule is Oc1ccc(-n2nc(-c3ccc(OCCN4CCCCC4)cc3)cc2-c2ccccc2)cc1. The highest BCUT2D eigenvalue weighted by Gasteiger charge is 2.14. The number of nitrogens with zero attached hydrogens (tertiary/aromatic N) is 3. The van der Waals surface area contributed by atoms with Crippen LogP contribution in [-0.4, -0.2) is 46.0 Å². The number of ether oxygens (including phenoxy) is 1. The first-order valence-corrected chi connectivity index (χ1v) is 11.7. The Balaban J connectivity index is 1.35. The minimum absolute atomic E-state index is 0.239. The van der Waals surface area contributed by atoms with Gasteiger partial charge in [0.15, 0.2) is 0 Å². The van der Waals surface area contributed by atoms with Crippen molar-refractivity contribution >= 4 is 0 Å². The minimum atomic E-state index is 0.239. The molecule has 3 aromatic carbocycles. The molecular weight excluding hydrogens is 410 g/mol. The van der Waals surface area contributed by atoms with Gasteiger partial charge in [-0.05, 0) is 80.5 Å².